The highest BCUT2D eigenvalue weighted by atomic mass is 32.2. The van der Waals surface area contributed by atoms with Crippen molar-refractivity contribution in [3.63, 3.8) is 0 Å². The Hall–Kier alpha value is -2.96. The Bertz CT molecular complexity index is 1380. The first-order valence-corrected chi connectivity index (χ1v) is 12.1. The van der Waals surface area contributed by atoms with Gasteiger partial charge in [-0.2, -0.15) is 0 Å². The lowest BCUT2D eigenvalue weighted by atomic mass is 10.1. The summed E-state index contributed by atoms with van der Waals surface area (Å²) in [5.41, 5.74) is 3.13. The van der Waals surface area contributed by atoms with Crippen LogP contribution in [0.4, 0.5) is 5.69 Å². The molecule has 4 rings (SSSR count). The van der Waals surface area contributed by atoms with Gasteiger partial charge in [-0.05, 0) is 56.2 Å². The quantitative estimate of drug-likeness (QED) is 0.345. The lowest BCUT2D eigenvalue weighted by Gasteiger charge is -2.16. The zero-order valence-electron chi connectivity index (χ0n) is 17.5. The van der Waals surface area contributed by atoms with E-state index in [1.165, 1.54) is 11.8 Å². The maximum Gasteiger partial charge on any atom is 0.262 e. The molecule has 158 valence electrons. The summed E-state index contributed by atoms with van der Waals surface area (Å²) >= 11 is 1.39. The smallest absolute Gasteiger partial charge is 0.262 e. The van der Waals surface area contributed by atoms with E-state index in [9.17, 15) is 13.5 Å². The van der Waals surface area contributed by atoms with E-state index in [-0.39, 0.29) is 10.6 Å². The maximum absolute atomic E-state index is 13.2. The molecule has 0 aliphatic rings. The lowest BCUT2D eigenvalue weighted by molar-refractivity contribution is 0.469. The number of aromatic hydroxyl groups is 1. The number of rotatable bonds is 5. The first-order valence-electron chi connectivity index (χ1n) is 9.84. The van der Waals surface area contributed by atoms with Crippen LogP contribution in [0.1, 0.15) is 16.7 Å². The molecule has 0 spiro atoms. The minimum Gasteiger partial charge on any atom is -0.506 e. The number of benzene rings is 4. The second kappa shape index (κ2) is 8.29. The molecule has 2 N–H and O–H groups in total. The Kier molecular flexibility index (Phi) is 5.69. The fourth-order valence-corrected chi connectivity index (χ4v) is 5.74. The molecule has 31 heavy (non-hydrogen) atoms. The van der Waals surface area contributed by atoms with Gasteiger partial charge in [0.2, 0.25) is 0 Å². The van der Waals surface area contributed by atoms with E-state index < -0.39 is 10.0 Å². The third-order valence-corrected chi connectivity index (χ3v) is 7.65. The zero-order chi connectivity index (χ0) is 22.2. The van der Waals surface area contributed by atoms with E-state index in [1.807, 2.05) is 56.3 Å². The van der Waals surface area contributed by atoms with Crippen molar-refractivity contribution >= 4 is 38.2 Å². The van der Waals surface area contributed by atoms with Gasteiger partial charge in [-0.15, -0.1) is 0 Å². The standard InChI is InChI=1S/C25H23NO3S2/c1-16-9-12-19(13-10-16)30-23-15-22(20-6-4-5-7-21(20)25(23)27)26-31(28,29)24-14-17(2)8-11-18(24)3/h4-15,26-27H,1-3H3. The number of hydrogen-bond donors (Lipinski definition) is 2. The van der Waals surface area contributed by atoms with Crippen LogP contribution in [-0.2, 0) is 10.0 Å². The van der Waals surface area contributed by atoms with Gasteiger partial charge in [0.25, 0.3) is 10.0 Å². The van der Waals surface area contributed by atoms with Gasteiger partial charge in [-0.1, -0.05) is 65.9 Å². The first kappa shape index (κ1) is 21.3. The monoisotopic (exact) mass is 449 g/mol. The molecule has 0 fully saturated rings. The van der Waals surface area contributed by atoms with Gasteiger partial charge in [-0.25, -0.2) is 8.42 Å². The Labute approximate surface area is 187 Å². The number of phenols is 1. The summed E-state index contributed by atoms with van der Waals surface area (Å²) in [6.45, 7) is 5.66. The predicted octanol–water partition coefficient (Wildman–Crippen LogP) is 6.42. The van der Waals surface area contributed by atoms with Crippen molar-refractivity contribution in [3.05, 3.63) is 89.5 Å². The number of hydrogen-bond acceptors (Lipinski definition) is 4. The molecule has 0 amide bonds. The molecule has 0 bridgehead atoms. The van der Waals surface area contributed by atoms with Crippen molar-refractivity contribution < 1.29 is 13.5 Å². The van der Waals surface area contributed by atoms with E-state index in [2.05, 4.69) is 4.72 Å². The van der Waals surface area contributed by atoms with Crippen molar-refractivity contribution in [1.29, 1.82) is 0 Å². The molecular formula is C25H23NO3S2. The van der Waals surface area contributed by atoms with Gasteiger partial charge in [-0.3, -0.25) is 4.72 Å². The highest BCUT2D eigenvalue weighted by molar-refractivity contribution is 7.99. The summed E-state index contributed by atoms with van der Waals surface area (Å²) in [7, 11) is -3.81. The molecular weight excluding hydrogens is 426 g/mol. The minimum absolute atomic E-state index is 0.135. The highest BCUT2D eigenvalue weighted by Gasteiger charge is 2.20. The average Bonchev–Trinajstić information content (AvgIpc) is 2.74. The summed E-state index contributed by atoms with van der Waals surface area (Å²) in [4.78, 5) is 1.79. The van der Waals surface area contributed by atoms with E-state index in [1.54, 1.807) is 37.3 Å². The summed E-state index contributed by atoms with van der Waals surface area (Å²) < 4.78 is 29.2. The average molecular weight is 450 g/mol. The molecule has 0 aliphatic carbocycles. The third-order valence-electron chi connectivity index (χ3n) is 5.11. The van der Waals surface area contributed by atoms with Gasteiger partial charge in [0.1, 0.15) is 5.75 Å². The summed E-state index contributed by atoms with van der Waals surface area (Å²) in [6, 6.07) is 22.3. The molecule has 0 saturated carbocycles. The molecule has 0 atom stereocenters. The van der Waals surface area contributed by atoms with Crippen LogP contribution >= 0.6 is 11.8 Å². The highest BCUT2D eigenvalue weighted by Crippen LogP contribution is 2.43. The van der Waals surface area contributed by atoms with Gasteiger partial charge in [0.05, 0.1) is 15.5 Å². The fourth-order valence-electron chi connectivity index (χ4n) is 3.43. The van der Waals surface area contributed by atoms with Crippen LogP contribution in [0.15, 0.2) is 87.5 Å². The number of sulfonamides is 1. The second-order valence-corrected chi connectivity index (χ2v) is 10.4. The Morgan fingerprint density at radius 1 is 0.806 bits per heavy atom. The summed E-state index contributed by atoms with van der Waals surface area (Å²) in [5.74, 6) is 0.135. The van der Waals surface area contributed by atoms with E-state index in [0.717, 1.165) is 16.0 Å². The van der Waals surface area contributed by atoms with Gasteiger partial charge < -0.3 is 5.11 Å². The number of fused-ring (bicyclic) bond motifs is 1. The maximum atomic E-state index is 13.2. The third kappa shape index (κ3) is 4.40. The molecule has 6 heteroatoms. The molecule has 0 aliphatic heterocycles. The summed E-state index contributed by atoms with van der Waals surface area (Å²) in [6.07, 6.45) is 0. The summed E-state index contributed by atoms with van der Waals surface area (Å²) in [5, 5.41) is 12.1. The molecule has 4 aromatic carbocycles. The fraction of sp³-hybridized carbons (Fsp3) is 0.120. The lowest BCUT2D eigenvalue weighted by Crippen LogP contribution is -2.15. The van der Waals surface area contributed by atoms with Crippen LogP contribution in [-0.4, -0.2) is 13.5 Å². The van der Waals surface area contributed by atoms with Crippen molar-refractivity contribution in [3.8, 4) is 5.75 Å². The molecule has 0 unspecified atom stereocenters. The Morgan fingerprint density at radius 2 is 1.45 bits per heavy atom. The van der Waals surface area contributed by atoms with Gasteiger partial charge >= 0.3 is 0 Å². The molecule has 0 radical (unpaired) electrons. The van der Waals surface area contributed by atoms with E-state index >= 15 is 0 Å². The van der Waals surface area contributed by atoms with Gasteiger partial charge in [0.15, 0.2) is 0 Å². The largest absolute Gasteiger partial charge is 0.506 e. The molecule has 0 aromatic heterocycles. The number of aryl methyl sites for hydroxylation is 3. The predicted molar refractivity (Wildman–Crippen MR) is 128 cm³/mol. The van der Waals surface area contributed by atoms with Crippen molar-refractivity contribution in [2.24, 2.45) is 0 Å². The number of nitrogens with one attached hydrogen (secondary N) is 1. The molecule has 4 nitrogen and oxygen atoms in total. The Morgan fingerprint density at radius 3 is 2.16 bits per heavy atom. The molecule has 4 aromatic rings. The van der Waals surface area contributed by atoms with Crippen LogP contribution < -0.4 is 4.72 Å². The van der Waals surface area contributed by atoms with Crippen molar-refractivity contribution in [2.75, 3.05) is 4.72 Å². The topological polar surface area (TPSA) is 66.4 Å². The van der Waals surface area contributed by atoms with Gasteiger partial charge in [0, 0.05) is 15.7 Å². The normalized spacial score (nSPS) is 11.6. The van der Waals surface area contributed by atoms with Crippen LogP contribution in [0.25, 0.3) is 10.8 Å². The second-order valence-electron chi connectivity index (χ2n) is 7.61. The number of phenolic OH excluding ortho intramolecular Hbond substituents is 1. The van der Waals surface area contributed by atoms with E-state index in [4.69, 9.17) is 0 Å². The van der Waals surface area contributed by atoms with Crippen LogP contribution in [0, 0.1) is 20.8 Å². The molecule has 0 saturated heterocycles. The van der Waals surface area contributed by atoms with Crippen LogP contribution in [0.5, 0.6) is 5.75 Å². The van der Waals surface area contributed by atoms with Crippen molar-refractivity contribution in [2.45, 2.75) is 35.5 Å². The Balaban J connectivity index is 1.82. The van der Waals surface area contributed by atoms with E-state index in [0.29, 0.717) is 26.9 Å². The van der Waals surface area contributed by atoms with Crippen molar-refractivity contribution in [1.82, 2.24) is 0 Å². The zero-order valence-corrected chi connectivity index (χ0v) is 19.1. The molecule has 0 heterocycles. The number of anilines is 1. The van der Waals surface area contributed by atoms with Crippen LogP contribution in [0.3, 0.4) is 0 Å². The minimum atomic E-state index is -3.81. The SMILES string of the molecule is Cc1ccc(Sc2cc(NS(=O)(=O)c3cc(C)ccc3C)c3ccccc3c2O)cc1. The van der Waals surface area contributed by atoms with Crippen LogP contribution in [0.2, 0.25) is 0 Å². The first-order chi connectivity index (χ1) is 14.7.